The van der Waals surface area contributed by atoms with E-state index in [2.05, 4.69) is 192 Å². The van der Waals surface area contributed by atoms with Crippen LogP contribution in [0.2, 0.25) is 0 Å². The molecule has 0 radical (unpaired) electrons. The lowest BCUT2D eigenvalue weighted by atomic mass is 9.83. The van der Waals surface area contributed by atoms with Crippen LogP contribution in [0.4, 0.5) is 34.1 Å². The van der Waals surface area contributed by atoms with E-state index >= 15 is 0 Å². The molecule has 4 heteroatoms. The molecule has 330 valence electrons. The summed E-state index contributed by atoms with van der Waals surface area (Å²) in [5.74, 6) is 1.09. The van der Waals surface area contributed by atoms with E-state index in [-0.39, 0.29) is 0 Å². The molecule has 0 aliphatic heterocycles. The maximum atomic E-state index is 7.10. The molecule has 12 aromatic rings. The van der Waals surface area contributed by atoms with Crippen LogP contribution in [0, 0.1) is 0 Å². The fraction of sp³-hybridized carbons (Fsp3) is 0.188. The Morgan fingerprint density at radius 2 is 0.662 bits per heavy atom. The summed E-state index contributed by atoms with van der Waals surface area (Å²) in [7, 11) is 0. The molecule has 0 atom stereocenters. The molecule has 0 bridgehead atoms. The van der Waals surface area contributed by atoms with Crippen molar-refractivity contribution in [2.75, 3.05) is 9.80 Å². The van der Waals surface area contributed by atoms with E-state index in [0.717, 1.165) is 67.2 Å². The Hall–Kier alpha value is -7.56. The summed E-state index contributed by atoms with van der Waals surface area (Å²) >= 11 is 0. The van der Waals surface area contributed by atoms with Crippen molar-refractivity contribution in [2.24, 2.45) is 0 Å². The Morgan fingerprint density at radius 1 is 0.309 bits per heavy atom. The Kier molecular flexibility index (Phi) is 9.35. The summed E-state index contributed by atoms with van der Waals surface area (Å²) in [4.78, 5) is 4.79. The molecule has 10 aromatic carbocycles. The lowest BCUT2D eigenvalue weighted by molar-refractivity contribution is 0.442. The highest BCUT2D eigenvalue weighted by molar-refractivity contribution is 6.25. The van der Waals surface area contributed by atoms with Gasteiger partial charge < -0.3 is 18.6 Å². The van der Waals surface area contributed by atoms with Gasteiger partial charge in [0, 0.05) is 44.3 Å². The van der Waals surface area contributed by atoms with Crippen LogP contribution in [0.1, 0.15) is 87.2 Å². The summed E-state index contributed by atoms with van der Waals surface area (Å²) in [6, 6.07) is 67.2. The van der Waals surface area contributed by atoms with E-state index in [4.69, 9.17) is 8.83 Å². The molecule has 2 heterocycles. The number of para-hydroxylation sites is 6. The van der Waals surface area contributed by atoms with Gasteiger partial charge >= 0.3 is 0 Å². The fourth-order valence-electron chi connectivity index (χ4n) is 12.5. The standard InChI is InChI=1S/C64H52N2O2/c1-5-17-41(18-6-1)51-25-13-27-53-55-29-15-31-57(63(55)67-61(51)53)65(47-21-9-3-10-22-47)49-37-43-33-35-45-39-50(40-46-36-34-44(38-49)59(43)60(45)46)66(48-23-11-4-12-24-48)58-32-16-30-56-54-28-14-26-52(62(54)68-64(56)58)42-19-7-2-8-20-42/h3-4,9-16,21-42H,1-2,5-8,17-20H2. The van der Waals surface area contributed by atoms with Crippen LogP contribution in [0.3, 0.4) is 0 Å². The van der Waals surface area contributed by atoms with Crippen molar-refractivity contribution >= 4 is 110 Å². The fourth-order valence-corrected chi connectivity index (χ4v) is 12.5. The predicted molar refractivity (Wildman–Crippen MR) is 286 cm³/mol. The van der Waals surface area contributed by atoms with Crippen LogP contribution in [-0.2, 0) is 0 Å². The lowest BCUT2D eigenvalue weighted by Gasteiger charge is -2.27. The zero-order valence-corrected chi connectivity index (χ0v) is 38.3. The SMILES string of the molecule is c1ccc(N(c2cc3ccc4cc(N(c5ccccc5)c5cccc6c5oc5c(C7CCCCC7)cccc56)cc5ccc(c2)c3c45)c2cccc3c2oc2c(C4CCCCC4)cccc23)cc1. The molecule has 0 amide bonds. The molecule has 2 aromatic heterocycles. The van der Waals surface area contributed by atoms with E-state index in [0.29, 0.717) is 11.8 Å². The summed E-state index contributed by atoms with van der Waals surface area (Å²) in [5, 5.41) is 12.1. The van der Waals surface area contributed by atoms with Gasteiger partial charge in [-0.2, -0.15) is 0 Å². The van der Waals surface area contributed by atoms with Gasteiger partial charge in [0.05, 0.1) is 11.4 Å². The molecule has 0 unspecified atom stereocenters. The van der Waals surface area contributed by atoms with Crippen LogP contribution in [-0.4, -0.2) is 0 Å². The maximum Gasteiger partial charge on any atom is 0.159 e. The first-order valence-corrected chi connectivity index (χ1v) is 25.0. The molecule has 2 aliphatic carbocycles. The molecule has 14 rings (SSSR count). The number of nitrogens with zero attached hydrogens (tertiary/aromatic N) is 2. The minimum atomic E-state index is 0.546. The number of anilines is 6. The first kappa shape index (κ1) is 39.6. The Bertz CT molecular complexity index is 3520. The minimum Gasteiger partial charge on any atom is -0.454 e. The van der Waals surface area contributed by atoms with Crippen LogP contribution in [0.25, 0.3) is 76.2 Å². The van der Waals surface area contributed by atoms with Gasteiger partial charge in [0.1, 0.15) is 11.2 Å². The van der Waals surface area contributed by atoms with Gasteiger partial charge in [0.2, 0.25) is 0 Å². The van der Waals surface area contributed by atoms with Crippen LogP contribution < -0.4 is 9.80 Å². The van der Waals surface area contributed by atoms with E-state index in [9.17, 15) is 0 Å². The predicted octanol–water partition coefficient (Wildman–Crippen LogP) is 19.4. The van der Waals surface area contributed by atoms with Crippen molar-refractivity contribution in [3.8, 4) is 0 Å². The minimum absolute atomic E-state index is 0.546. The Balaban J connectivity index is 0.916. The van der Waals surface area contributed by atoms with Crippen molar-refractivity contribution in [1.29, 1.82) is 0 Å². The smallest absolute Gasteiger partial charge is 0.159 e. The highest BCUT2D eigenvalue weighted by atomic mass is 16.3. The van der Waals surface area contributed by atoms with Crippen LogP contribution in [0.15, 0.2) is 191 Å². The first-order chi connectivity index (χ1) is 33.7. The van der Waals surface area contributed by atoms with Gasteiger partial charge in [-0.3, -0.25) is 0 Å². The van der Waals surface area contributed by atoms with Gasteiger partial charge in [-0.25, -0.2) is 0 Å². The molecule has 0 saturated heterocycles. The van der Waals surface area contributed by atoms with Gasteiger partial charge in [-0.05, 0) is 142 Å². The topological polar surface area (TPSA) is 32.8 Å². The molecule has 68 heavy (non-hydrogen) atoms. The number of furan rings is 2. The van der Waals surface area contributed by atoms with E-state index in [1.807, 2.05) is 0 Å². The summed E-state index contributed by atoms with van der Waals surface area (Å²) in [6.45, 7) is 0. The summed E-state index contributed by atoms with van der Waals surface area (Å²) < 4.78 is 14.2. The monoisotopic (exact) mass is 880 g/mol. The van der Waals surface area contributed by atoms with Crippen LogP contribution in [0.5, 0.6) is 0 Å². The van der Waals surface area contributed by atoms with Crippen molar-refractivity contribution < 1.29 is 8.83 Å². The second kappa shape index (κ2) is 16.1. The quantitative estimate of drug-likeness (QED) is 0.142. The molecular weight excluding hydrogens is 829 g/mol. The molecule has 2 saturated carbocycles. The van der Waals surface area contributed by atoms with Crippen LogP contribution >= 0.6 is 0 Å². The van der Waals surface area contributed by atoms with Crippen molar-refractivity contribution in [1.82, 2.24) is 0 Å². The number of rotatable bonds is 8. The lowest BCUT2D eigenvalue weighted by Crippen LogP contribution is -2.10. The maximum absolute atomic E-state index is 7.10. The third kappa shape index (κ3) is 6.34. The Morgan fingerprint density at radius 3 is 1.04 bits per heavy atom. The molecule has 2 aliphatic rings. The van der Waals surface area contributed by atoms with Crippen molar-refractivity contribution in [3.63, 3.8) is 0 Å². The largest absolute Gasteiger partial charge is 0.454 e. The van der Waals surface area contributed by atoms with E-state index in [1.165, 1.54) is 118 Å². The van der Waals surface area contributed by atoms with Gasteiger partial charge in [-0.1, -0.05) is 160 Å². The summed E-state index contributed by atoms with van der Waals surface area (Å²) in [5.41, 5.74) is 13.2. The number of benzene rings is 10. The summed E-state index contributed by atoms with van der Waals surface area (Å²) in [6.07, 6.45) is 12.8. The second-order valence-electron chi connectivity index (χ2n) is 19.6. The average molecular weight is 881 g/mol. The van der Waals surface area contributed by atoms with Crippen molar-refractivity contribution in [3.05, 3.63) is 193 Å². The average Bonchev–Trinajstić information content (AvgIpc) is 3.99. The van der Waals surface area contributed by atoms with Crippen molar-refractivity contribution in [2.45, 2.75) is 76.0 Å². The van der Waals surface area contributed by atoms with Gasteiger partial charge in [-0.15, -0.1) is 0 Å². The van der Waals surface area contributed by atoms with Gasteiger partial charge in [0.25, 0.3) is 0 Å². The van der Waals surface area contributed by atoms with E-state index in [1.54, 1.807) is 0 Å². The number of hydrogen-bond donors (Lipinski definition) is 0. The number of hydrogen-bond acceptors (Lipinski definition) is 4. The number of fused-ring (bicyclic) bond motifs is 6. The van der Waals surface area contributed by atoms with Gasteiger partial charge in [0.15, 0.2) is 11.2 Å². The second-order valence-corrected chi connectivity index (χ2v) is 19.6. The molecule has 0 spiro atoms. The molecule has 2 fully saturated rings. The third-order valence-electron chi connectivity index (χ3n) is 15.7. The zero-order chi connectivity index (χ0) is 44.7. The molecule has 0 N–H and O–H groups in total. The molecular formula is C64H52N2O2. The zero-order valence-electron chi connectivity index (χ0n) is 38.3. The third-order valence-corrected chi connectivity index (χ3v) is 15.7. The highest BCUT2D eigenvalue weighted by Gasteiger charge is 2.27. The van der Waals surface area contributed by atoms with E-state index < -0.39 is 0 Å². The first-order valence-electron chi connectivity index (χ1n) is 25.0. The Labute approximate surface area is 396 Å². The highest BCUT2D eigenvalue weighted by Crippen LogP contribution is 2.50. The normalized spacial score (nSPS) is 15.2. The molecule has 4 nitrogen and oxygen atoms in total.